The first-order chi connectivity index (χ1) is 17.9. The first kappa shape index (κ1) is 28.2. The molecule has 37 heavy (non-hydrogen) atoms. The molecule has 3 rings (SSSR count). The van der Waals surface area contributed by atoms with E-state index in [4.69, 9.17) is 0 Å². The van der Waals surface area contributed by atoms with Gasteiger partial charge in [0.15, 0.2) is 5.78 Å². The lowest BCUT2D eigenvalue weighted by Crippen LogP contribution is -2.27. The highest BCUT2D eigenvalue weighted by Crippen LogP contribution is 2.32. The van der Waals surface area contributed by atoms with E-state index in [1.807, 2.05) is 36.4 Å². The lowest BCUT2D eigenvalue weighted by Gasteiger charge is -2.21. The summed E-state index contributed by atoms with van der Waals surface area (Å²) in [6.07, 6.45) is 10.1. The molecule has 0 fully saturated rings. The van der Waals surface area contributed by atoms with Gasteiger partial charge in [-0.3, -0.25) is 14.4 Å². The summed E-state index contributed by atoms with van der Waals surface area (Å²) in [6, 6.07) is 14.0. The number of hydrogen-bond acceptors (Lipinski definition) is 4. The summed E-state index contributed by atoms with van der Waals surface area (Å²) in [4.78, 5) is 38.6. The normalized spacial score (nSPS) is 14.4. The maximum absolute atomic E-state index is 12.9. The summed E-state index contributed by atoms with van der Waals surface area (Å²) in [5.74, 6) is 0.152. The molecule has 2 amide bonds. The number of unbranched alkanes of at least 4 members (excludes halogenated alkanes) is 3. The molecule has 0 bridgehead atoms. The summed E-state index contributed by atoms with van der Waals surface area (Å²) >= 11 is 0. The average Bonchev–Trinajstić information content (AvgIpc) is 3.32. The minimum atomic E-state index is -0.0489. The van der Waals surface area contributed by atoms with Gasteiger partial charge in [-0.15, -0.1) is 0 Å². The second-order valence-electron chi connectivity index (χ2n) is 9.63. The zero-order valence-corrected chi connectivity index (χ0v) is 22.5. The molecule has 6 nitrogen and oxygen atoms in total. The molecule has 0 aliphatic heterocycles. The number of nitrogens with zero attached hydrogens (tertiary/aromatic N) is 1. The van der Waals surface area contributed by atoms with E-state index in [0.717, 1.165) is 68.4 Å². The van der Waals surface area contributed by atoms with Crippen molar-refractivity contribution >= 4 is 29.4 Å². The highest BCUT2D eigenvalue weighted by atomic mass is 16.2. The van der Waals surface area contributed by atoms with Crippen LogP contribution in [-0.2, 0) is 16.0 Å². The standard InChI is InChI=1S/C31H41N3O3/c1-4-34(5-2)26-17-14-24(15-18-26)31(37)33-29-21-16-25-22-23(13-20-28(25)29)12-19-27(35)10-8-6-7-9-11-30(36)32-3/h12-15,17-20,22,29H,4-11,16,21H2,1-3H3,(H,32,36)(H,33,37). The summed E-state index contributed by atoms with van der Waals surface area (Å²) in [5.41, 5.74) is 5.21. The second-order valence-corrected chi connectivity index (χ2v) is 9.63. The first-order valence-corrected chi connectivity index (χ1v) is 13.6. The zero-order chi connectivity index (χ0) is 26.6. The van der Waals surface area contributed by atoms with Gasteiger partial charge in [-0.25, -0.2) is 0 Å². The van der Waals surface area contributed by atoms with E-state index in [9.17, 15) is 14.4 Å². The van der Waals surface area contributed by atoms with Crippen LogP contribution in [0, 0.1) is 0 Å². The second kappa shape index (κ2) is 14.4. The predicted molar refractivity (Wildman–Crippen MR) is 151 cm³/mol. The third-order valence-electron chi connectivity index (χ3n) is 7.13. The molecule has 1 atom stereocenters. The fourth-order valence-corrected chi connectivity index (χ4v) is 4.88. The number of aryl methyl sites for hydroxylation is 1. The Morgan fingerprint density at radius 3 is 2.32 bits per heavy atom. The molecule has 198 valence electrons. The Balaban J connectivity index is 1.47. The van der Waals surface area contributed by atoms with E-state index in [1.54, 1.807) is 13.1 Å². The number of amides is 2. The van der Waals surface area contributed by atoms with Crippen molar-refractivity contribution in [1.82, 2.24) is 10.6 Å². The van der Waals surface area contributed by atoms with Crippen LogP contribution in [0.5, 0.6) is 0 Å². The molecule has 6 heteroatoms. The van der Waals surface area contributed by atoms with Gasteiger partial charge in [0.1, 0.15) is 0 Å². The number of allylic oxidation sites excluding steroid dienone is 1. The van der Waals surface area contributed by atoms with Gasteiger partial charge in [-0.2, -0.15) is 0 Å². The topological polar surface area (TPSA) is 78.5 Å². The lowest BCUT2D eigenvalue weighted by molar-refractivity contribution is -0.120. The van der Waals surface area contributed by atoms with Crippen LogP contribution < -0.4 is 15.5 Å². The Labute approximate surface area is 221 Å². The maximum Gasteiger partial charge on any atom is 0.251 e. The smallest absolute Gasteiger partial charge is 0.251 e. The minimum absolute atomic E-state index is 0.00743. The summed E-state index contributed by atoms with van der Waals surface area (Å²) in [5, 5.41) is 5.82. The number of ketones is 1. The van der Waals surface area contributed by atoms with Crippen molar-refractivity contribution in [3.05, 3.63) is 70.8 Å². The van der Waals surface area contributed by atoms with Crippen LogP contribution in [0.4, 0.5) is 5.69 Å². The van der Waals surface area contributed by atoms with E-state index in [1.165, 1.54) is 5.56 Å². The highest BCUT2D eigenvalue weighted by Gasteiger charge is 2.24. The molecule has 2 aromatic rings. The molecular weight excluding hydrogens is 462 g/mol. The molecule has 0 spiro atoms. The van der Waals surface area contributed by atoms with Crippen LogP contribution in [-0.4, -0.2) is 37.7 Å². The number of nitrogens with one attached hydrogen (secondary N) is 2. The van der Waals surface area contributed by atoms with E-state index >= 15 is 0 Å². The number of carbonyl (C=O) groups excluding carboxylic acids is 3. The number of anilines is 1. The summed E-state index contributed by atoms with van der Waals surface area (Å²) < 4.78 is 0. The van der Waals surface area contributed by atoms with Crippen LogP contribution in [0.15, 0.2) is 48.5 Å². The van der Waals surface area contributed by atoms with Gasteiger partial charge in [-0.05, 0) is 86.6 Å². The Kier molecular flexibility index (Phi) is 10.9. The van der Waals surface area contributed by atoms with Crippen molar-refractivity contribution in [3.63, 3.8) is 0 Å². The number of carbonyl (C=O) groups is 3. The van der Waals surface area contributed by atoms with Crippen LogP contribution in [0.1, 0.15) is 91.9 Å². The number of fused-ring (bicyclic) bond motifs is 1. The zero-order valence-electron chi connectivity index (χ0n) is 22.5. The van der Waals surface area contributed by atoms with Crippen LogP contribution in [0.2, 0.25) is 0 Å². The van der Waals surface area contributed by atoms with E-state index in [0.29, 0.717) is 18.4 Å². The van der Waals surface area contributed by atoms with Crippen molar-refractivity contribution < 1.29 is 14.4 Å². The molecule has 2 aromatic carbocycles. The first-order valence-electron chi connectivity index (χ1n) is 13.6. The molecule has 0 aromatic heterocycles. The molecule has 1 aliphatic rings. The molecule has 1 unspecified atom stereocenters. The van der Waals surface area contributed by atoms with Gasteiger partial charge in [-0.1, -0.05) is 37.1 Å². The quantitative estimate of drug-likeness (QED) is 0.259. The molecule has 0 saturated heterocycles. The average molecular weight is 504 g/mol. The Hall–Kier alpha value is -3.41. The Morgan fingerprint density at radius 1 is 0.946 bits per heavy atom. The van der Waals surface area contributed by atoms with E-state index in [2.05, 4.69) is 41.5 Å². The third-order valence-corrected chi connectivity index (χ3v) is 7.13. The molecular formula is C31H41N3O3. The molecule has 0 radical (unpaired) electrons. The van der Waals surface area contributed by atoms with Crippen LogP contribution >= 0.6 is 0 Å². The van der Waals surface area contributed by atoms with Crippen molar-refractivity contribution in [2.75, 3.05) is 25.0 Å². The maximum atomic E-state index is 12.9. The van der Waals surface area contributed by atoms with E-state index in [-0.39, 0.29) is 23.6 Å². The van der Waals surface area contributed by atoms with Gasteiger partial charge in [0.25, 0.3) is 5.91 Å². The number of hydrogen-bond donors (Lipinski definition) is 2. The van der Waals surface area contributed by atoms with Crippen molar-refractivity contribution in [3.8, 4) is 0 Å². The van der Waals surface area contributed by atoms with E-state index < -0.39 is 0 Å². The van der Waals surface area contributed by atoms with Gasteiger partial charge in [0.05, 0.1) is 6.04 Å². The lowest BCUT2D eigenvalue weighted by atomic mass is 10.0. The van der Waals surface area contributed by atoms with Crippen LogP contribution in [0.25, 0.3) is 6.08 Å². The van der Waals surface area contributed by atoms with Gasteiger partial charge < -0.3 is 15.5 Å². The van der Waals surface area contributed by atoms with Crippen LogP contribution in [0.3, 0.4) is 0 Å². The number of benzene rings is 2. The molecule has 0 heterocycles. The minimum Gasteiger partial charge on any atom is -0.372 e. The Bertz CT molecular complexity index is 1090. The fraction of sp³-hybridized carbons (Fsp3) is 0.452. The van der Waals surface area contributed by atoms with Crippen molar-refractivity contribution in [2.24, 2.45) is 0 Å². The monoisotopic (exact) mass is 503 g/mol. The largest absolute Gasteiger partial charge is 0.372 e. The summed E-state index contributed by atoms with van der Waals surface area (Å²) in [6.45, 7) is 6.13. The Morgan fingerprint density at radius 2 is 1.65 bits per heavy atom. The van der Waals surface area contributed by atoms with Crippen molar-refractivity contribution in [2.45, 2.75) is 71.3 Å². The molecule has 1 aliphatic carbocycles. The van der Waals surface area contributed by atoms with Gasteiger partial charge >= 0.3 is 0 Å². The third kappa shape index (κ3) is 8.31. The van der Waals surface area contributed by atoms with Gasteiger partial charge in [0, 0.05) is 44.2 Å². The number of rotatable bonds is 14. The van der Waals surface area contributed by atoms with Crippen molar-refractivity contribution in [1.29, 1.82) is 0 Å². The fourth-order valence-electron chi connectivity index (χ4n) is 4.88. The predicted octanol–water partition coefficient (Wildman–Crippen LogP) is 5.62. The molecule has 2 N–H and O–H groups in total. The highest BCUT2D eigenvalue weighted by molar-refractivity contribution is 5.95. The summed E-state index contributed by atoms with van der Waals surface area (Å²) in [7, 11) is 1.65. The SMILES string of the molecule is CCN(CC)c1ccc(C(=O)NC2CCc3cc(C=CC(=O)CCCCCCC(=O)NC)ccc32)cc1. The molecule has 0 saturated carbocycles. The van der Waals surface area contributed by atoms with Gasteiger partial charge in [0.2, 0.25) is 5.91 Å².